The summed E-state index contributed by atoms with van der Waals surface area (Å²) < 4.78 is 3.14. The lowest BCUT2D eigenvalue weighted by Crippen LogP contribution is -2.23. The van der Waals surface area contributed by atoms with Crippen molar-refractivity contribution in [2.24, 2.45) is 13.0 Å². The maximum absolute atomic E-state index is 4.50. The molecule has 17 heavy (non-hydrogen) atoms. The molecule has 4 heteroatoms. The van der Waals surface area contributed by atoms with Crippen LogP contribution in [0.25, 0.3) is 0 Å². The molecule has 0 aliphatic carbocycles. The van der Waals surface area contributed by atoms with Crippen LogP contribution in [0, 0.1) is 5.92 Å². The highest BCUT2D eigenvalue weighted by molar-refractivity contribution is 9.10. The number of halogens is 1. The van der Waals surface area contributed by atoms with Crippen LogP contribution in [-0.4, -0.2) is 16.3 Å². The minimum Gasteiger partial charge on any atom is -0.311 e. The van der Waals surface area contributed by atoms with Crippen molar-refractivity contribution in [3.05, 3.63) is 15.9 Å². The minimum atomic E-state index is 0.785. The molecule has 0 aromatic carbocycles. The first-order chi connectivity index (χ1) is 8.13. The summed E-state index contributed by atoms with van der Waals surface area (Å²) in [5, 5.41) is 8.03. The average Bonchev–Trinajstić information content (AvgIpc) is 2.61. The second-order valence-electron chi connectivity index (χ2n) is 4.50. The van der Waals surface area contributed by atoms with Crippen LogP contribution >= 0.6 is 15.9 Å². The molecule has 1 aromatic rings. The van der Waals surface area contributed by atoms with Crippen molar-refractivity contribution in [2.75, 3.05) is 6.54 Å². The Morgan fingerprint density at radius 2 is 1.94 bits per heavy atom. The molecule has 98 valence electrons. The predicted octanol–water partition coefficient (Wildman–Crippen LogP) is 3.27. The van der Waals surface area contributed by atoms with Gasteiger partial charge in [-0.05, 0) is 34.8 Å². The molecular formula is C13H24BrN3. The highest BCUT2D eigenvalue weighted by Crippen LogP contribution is 2.21. The number of aryl methyl sites for hydroxylation is 2. The van der Waals surface area contributed by atoms with Crippen molar-refractivity contribution in [3.8, 4) is 0 Å². The quantitative estimate of drug-likeness (QED) is 0.838. The van der Waals surface area contributed by atoms with Gasteiger partial charge < -0.3 is 5.32 Å². The largest absolute Gasteiger partial charge is 0.311 e. The topological polar surface area (TPSA) is 29.9 Å². The SMILES string of the molecule is CCc1nn(C)c(CNCC(CC)CC)c1Br. The first kappa shape index (κ1) is 14.7. The molecule has 0 aliphatic heterocycles. The summed E-state index contributed by atoms with van der Waals surface area (Å²) in [6, 6.07) is 0. The van der Waals surface area contributed by atoms with E-state index in [0.717, 1.165) is 31.1 Å². The Labute approximate surface area is 113 Å². The number of nitrogens with zero attached hydrogens (tertiary/aromatic N) is 2. The van der Waals surface area contributed by atoms with Crippen LogP contribution in [-0.2, 0) is 20.0 Å². The van der Waals surface area contributed by atoms with Crippen LogP contribution in [0.1, 0.15) is 45.0 Å². The maximum Gasteiger partial charge on any atom is 0.0767 e. The summed E-state index contributed by atoms with van der Waals surface area (Å²) in [5.74, 6) is 0.785. The first-order valence-electron chi connectivity index (χ1n) is 6.54. The zero-order valence-electron chi connectivity index (χ0n) is 11.4. The smallest absolute Gasteiger partial charge is 0.0767 e. The second-order valence-corrected chi connectivity index (χ2v) is 5.29. The third-order valence-corrected chi connectivity index (χ3v) is 4.30. The van der Waals surface area contributed by atoms with Gasteiger partial charge in [-0.2, -0.15) is 5.10 Å². The van der Waals surface area contributed by atoms with Gasteiger partial charge in [-0.1, -0.05) is 33.6 Å². The zero-order valence-corrected chi connectivity index (χ0v) is 13.0. The molecule has 0 atom stereocenters. The average molecular weight is 302 g/mol. The van der Waals surface area contributed by atoms with E-state index in [4.69, 9.17) is 0 Å². The van der Waals surface area contributed by atoms with Gasteiger partial charge in [-0.15, -0.1) is 0 Å². The molecule has 1 rings (SSSR count). The third kappa shape index (κ3) is 3.81. The van der Waals surface area contributed by atoms with Crippen molar-refractivity contribution in [3.63, 3.8) is 0 Å². The molecule has 1 N–H and O–H groups in total. The number of hydrogen-bond acceptors (Lipinski definition) is 2. The van der Waals surface area contributed by atoms with Gasteiger partial charge in [0.05, 0.1) is 15.9 Å². The van der Waals surface area contributed by atoms with Crippen LogP contribution in [0.3, 0.4) is 0 Å². The van der Waals surface area contributed by atoms with E-state index in [2.05, 4.69) is 47.1 Å². The monoisotopic (exact) mass is 301 g/mol. The van der Waals surface area contributed by atoms with E-state index in [-0.39, 0.29) is 0 Å². The molecule has 0 radical (unpaired) electrons. The van der Waals surface area contributed by atoms with E-state index in [1.54, 1.807) is 0 Å². The Kier molecular flexibility index (Phi) is 6.20. The van der Waals surface area contributed by atoms with Gasteiger partial charge in [0.1, 0.15) is 0 Å². The van der Waals surface area contributed by atoms with Gasteiger partial charge in [0.25, 0.3) is 0 Å². The number of rotatable bonds is 7. The van der Waals surface area contributed by atoms with Crippen LogP contribution in [0.15, 0.2) is 4.47 Å². The Morgan fingerprint density at radius 3 is 2.41 bits per heavy atom. The lowest BCUT2D eigenvalue weighted by atomic mass is 10.0. The third-order valence-electron chi connectivity index (χ3n) is 3.38. The standard InChI is InChI=1S/C13H24BrN3/c1-5-10(6-2)8-15-9-12-13(14)11(7-3)16-17(12)4/h10,15H,5-9H2,1-4H3. The van der Waals surface area contributed by atoms with Crippen molar-refractivity contribution in [1.82, 2.24) is 15.1 Å². The van der Waals surface area contributed by atoms with Gasteiger partial charge >= 0.3 is 0 Å². The summed E-state index contributed by atoms with van der Waals surface area (Å²) in [4.78, 5) is 0. The van der Waals surface area contributed by atoms with Crippen molar-refractivity contribution in [1.29, 1.82) is 0 Å². The lowest BCUT2D eigenvalue weighted by Gasteiger charge is -2.13. The van der Waals surface area contributed by atoms with Crippen LogP contribution in [0.5, 0.6) is 0 Å². The molecule has 0 saturated carbocycles. The highest BCUT2D eigenvalue weighted by atomic mass is 79.9. The number of nitrogens with one attached hydrogen (secondary N) is 1. The maximum atomic E-state index is 4.50. The van der Waals surface area contributed by atoms with Gasteiger partial charge in [0.15, 0.2) is 0 Å². The highest BCUT2D eigenvalue weighted by Gasteiger charge is 2.12. The normalized spacial score (nSPS) is 11.4. The van der Waals surface area contributed by atoms with E-state index < -0.39 is 0 Å². The molecule has 1 aromatic heterocycles. The molecule has 0 unspecified atom stereocenters. The van der Waals surface area contributed by atoms with Crippen molar-refractivity contribution < 1.29 is 0 Å². The molecule has 0 saturated heterocycles. The molecule has 0 aliphatic rings. The minimum absolute atomic E-state index is 0.785. The first-order valence-corrected chi connectivity index (χ1v) is 7.34. The molecule has 1 heterocycles. The van der Waals surface area contributed by atoms with E-state index >= 15 is 0 Å². The van der Waals surface area contributed by atoms with E-state index in [0.29, 0.717) is 0 Å². The summed E-state index contributed by atoms with van der Waals surface area (Å²) in [6.45, 7) is 8.62. The zero-order chi connectivity index (χ0) is 12.8. The van der Waals surface area contributed by atoms with Crippen LogP contribution < -0.4 is 5.32 Å². The molecule has 0 spiro atoms. The van der Waals surface area contributed by atoms with E-state index in [9.17, 15) is 0 Å². The fourth-order valence-electron chi connectivity index (χ4n) is 1.98. The Morgan fingerprint density at radius 1 is 1.29 bits per heavy atom. The molecule has 0 fully saturated rings. The molecule has 0 amide bonds. The van der Waals surface area contributed by atoms with Gasteiger partial charge in [0.2, 0.25) is 0 Å². The summed E-state index contributed by atoms with van der Waals surface area (Å²) in [6.07, 6.45) is 3.47. The lowest BCUT2D eigenvalue weighted by molar-refractivity contribution is 0.444. The molecule has 3 nitrogen and oxygen atoms in total. The van der Waals surface area contributed by atoms with Gasteiger partial charge in [0, 0.05) is 13.6 Å². The molecule has 0 bridgehead atoms. The fourth-order valence-corrected chi connectivity index (χ4v) is 2.74. The second kappa shape index (κ2) is 7.17. The van der Waals surface area contributed by atoms with Gasteiger partial charge in [-0.25, -0.2) is 0 Å². The molecular weight excluding hydrogens is 278 g/mol. The summed E-state index contributed by atoms with van der Waals surface area (Å²) >= 11 is 3.64. The Balaban J connectivity index is 2.54. The van der Waals surface area contributed by atoms with E-state index in [1.807, 2.05) is 11.7 Å². The fraction of sp³-hybridized carbons (Fsp3) is 0.769. The number of hydrogen-bond donors (Lipinski definition) is 1. The summed E-state index contributed by atoms with van der Waals surface area (Å²) in [7, 11) is 2.01. The number of aromatic nitrogens is 2. The van der Waals surface area contributed by atoms with Crippen molar-refractivity contribution >= 4 is 15.9 Å². The van der Waals surface area contributed by atoms with Crippen LogP contribution in [0.2, 0.25) is 0 Å². The van der Waals surface area contributed by atoms with E-state index in [1.165, 1.54) is 23.0 Å². The predicted molar refractivity (Wildman–Crippen MR) is 76.1 cm³/mol. The Hall–Kier alpha value is -0.350. The van der Waals surface area contributed by atoms with Gasteiger partial charge in [-0.3, -0.25) is 4.68 Å². The summed E-state index contributed by atoms with van der Waals surface area (Å²) in [5.41, 5.74) is 2.39. The van der Waals surface area contributed by atoms with Crippen molar-refractivity contribution in [2.45, 2.75) is 46.6 Å². The van der Waals surface area contributed by atoms with Crippen LogP contribution in [0.4, 0.5) is 0 Å². The Bertz CT molecular complexity index is 343.